The van der Waals surface area contributed by atoms with E-state index in [1.807, 2.05) is 0 Å². The van der Waals surface area contributed by atoms with Crippen molar-refractivity contribution in [1.82, 2.24) is 0 Å². The number of hydrogen-bond donors (Lipinski definition) is 0. The fourth-order valence-corrected chi connectivity index (χ4v) is 3.07. The van der Waals surface area contributed by atoms with Gasteiger partial charge in [0.05, 0.1) is 6.54 Å². The predicted octanol–water partition coefficient (Wildman–Crippen LogP) is 4.50. The molecule has 3 aromatic carbocycles. The minimum absolute atomic E-state index is 0.607. The van der Waals surface area contributed by atoms with Gasteiger partial charge < -0.3 is 9.64 Å². The molecule has 0 fully saturated rings. The van der Waals surface area contributed by atoms with Crippen LogP contribution in [0.15, 0.2) is 60.7 Å². The topological polar surface area (TPSA) is 12.5 Å². The molecule has 3 aromatic rings. The molecule has 0 amide bonds. The van der Waals surface area contributed by atoms with Gasteiger partial charge in [-0.2, -0.15) is 0 Å². The van der Waals surface area contributed by atoms with Crippen molar-refractivity contribution in [3.05, 3.63) is 71.8 Å². The Kier molecular flexibility index (Phi) is 2.81. The number of fused-ring (bicyclic) bond motifs is 3. The maximum atomic E-state index is 5.98. The number of ether oxygens (including phenoxy) is 1. The molecule has 104 valence electrons. The quantitative estimate of drug-likeness (QED) is 0.648. The summed E-state index contributed by atoms with van der Waals surface area (Å²) in [5.74, 6) is 1.01. The van der Waals surface area contributed by atoms with Crippen LogP contribution in [0.25, 0.3) is 10.8 Å². The van der Waals surface area contributed by atoms with Gasteiger partial charge in [-0.3, -0.25) is 0 Å². The number of para-hydroxylation sites is 1. The van der Waals surface area contributed by atoms with Crippen molar-refractivity contribution in [3.63, 3.8) is 0 Å². The van der Waals surface area contributed by atoms with E-state index < -0.39 is 0 Å². The van der Waals surface area contributed by atoms with Gasteiger partial charge in [-0.05, 0) is 35.4 Å². The molecule has 21 heavy (non-hydrogen) atoms. The van der Waals surface area contributed by atoms with Crippen LogP contribution < -0.4 is 9.64 Å². The van der Waals surface area contributed by atoms with Gasteiger partial charge in [-0.25, -0.2) is 0 Å². The summed E-state index contributed by atoms with van der Waals surface area (Å²) in [6.45, 7) is 3.64. The van der Waals surface area contributed by atoms with Crippen LogP contribution in [-0.2, 0) is 6.54 Å². The lowest BCUT2D eigenvalue weighted by Crippen LogP contribution is -2.32. The van der Waals surface area contributed by atoms with Crippen LogP contribution in [-0.4, -0.2) is 6.73 Å². The second-order valence-electron chi connectivity index (χ2n) is 5.52. The maximum Gasteiger partial charge on any atom is 0.161 e. The Balaban J connectivity index is 1.81. The van der Waals surface area contributed by atoms with Crippen molar-refractivity contribution in [3.8, 4) is 5.75 Å². The van der Waals surface area contributed by atoms with E-state index in [0.29, 0.717) is 6.73 Å². The summed E-state index contributed by atoms with van der Waals surface area (Å²) in [5, 5.41) is 2.56. The van der Waals surface area contributed by atoms with Crippen LogP contribution in [0.2, 0.25) is 0 Å². The van der Waals surface area contributed by atoms with Gasteiger partial charge in [-0.15, -0.1) is 0 Å². The average Bonchev–Trinajstić information content (AvgIpc) is 2.55. The van der Waals surface area contributed by atoms with Gasteiger partial charge >= 0.3 is 0 Å². The van der Waals surface area contributed by atoms with E-state index in [9.17, 15) is 0 Å². The molecule has 2 heteroatoms. The molecule has 0 radical (unpaired) electrons. The van der Waals surface area contributed by atoms with Crippen molar-refractivity contribution >= 4 is 16.5 Å². The third-order valence-electron chi connectivity index (χ3n) is 4.18. The van der Waals surface area contributed by atoms with Crippen molar-refractivity contribution in [2.75, 3.05) is 11.6 Å². The first-order chi connectivity index (χ1) is 10.3. The molecule has 4 rings (SSSR count). The Morgan fingerprint density at radius 2 is 1.71 bits per heavy atom. The molecule has 1 heterocycles. The standard InChI is InChI=1S/C19H17NO/c1-14-6-2-5-9-18(14)20-12-17-16-8-4-3-7-15(16)10-11-19(17)21-13-20/h2-11H,12-13H2,1H3. The second kappa shape index (κ2) is 4.81. The lowest BCUT2D eigenvalue weighted by atomic mass is 10.0. The fourth-order valence-electron chi connectivity index (χ4n) is 3.07. The smallest absolute Gasteiger partial charge is 0.161 e. The highest BCUT2D eigenvalue weighted by atomic mass is 16.5. The molecule has 0 saturated carbocycles. The van der Waals surface area contributed by atoms with Crippen LogP contribution in [0.5, 0.6) is 5.75 Å². The summed E-state index contributed by atoms with van der Waals surface area (Å²) < 4.78 is 5.98. The van der Waals surface area contributed by atoms with Gasteiger partial charge in [0.1, 0.15) is 5.75 Å². The normalized spacial score (nSPS) is 13.9. The van der Waals surface area contributed by atoms with E-state index in [1.165, 1.54) is 27.6 Å². The molecular formula is C19H17NO. The Labute approximate surface area is 124 Å². The highest BCUT2D eigenvalue weighted by Gasteiger charge is 2.20. The molecule has 0 spiro atoms. The predicted molar refractivity (Wildman–Crippen MR) is 86.8 cm³/mol. The zero-order chi connectivity index (χ0) is 14.2. The first kappa shape index (κ1) is 12.3. The van der Waals surface area contributed by atoms with Crippen molar-refractivity contribution in [2.24, 2.45) is 0 Å². The van der Waals surface area contributed by atoms with Crippen LogP contribution >= 0.6 is 0 Å². The second-order valence-corrected chi connectivity index (χ2v) is 5.52. The number of aryl methyl sites for hydroxylation is 1. The van der Waals surface area contributed by atoms with E-state index in [2.05, 4.69) is 72.5 Å². The molecule has 0 aromatic heterocycles. The number of nitrogens with zero attached hydrogens (tertiary/aromatic N) is 1. The SMILES string of the molecule is Cc1ccccc1N1COc2ccc3ccccc3c2C1. The summed E-state index contributed by atoms with van der Waals surface area (Å²) in [5.41, 5.74) is 3.81. The first-order valence-electron chi connectivity index (χ1n) is 7.27. The number of hydrogen-bond acceptors (Lipinski definition) is 2. The maximum absolute atomic E-state index is 5.98. The third-order valence-corrected chi connectivity index (χ3v) is 4.18. The van der Waals surface area contributed by atoms with Gasteiger partial charge in [0, 0.05) is 11.3 Å². The summed E-state index contributed by atoms with van der Waals surface area (Å²) >= 11 is 0. The molecule has 2 nitrogen and oxygen atoms in total. The lowest BCUT2D eigenvalue weighted by molar-refractivity contribution is 0.290. The third kappa shape index (κ3) is 2.04. The average molecular weight is 275 g/mol. The highest BCUT2D eigenvalue weighted by molar-refractivity contribution is 5.88. The number of benzene rings is 3. The lowest BCUT2D eigenvalue weighted by Gasteiger charge is -2.32. The van der Waals surface area contributed by atoms with Crippen LogP contribution in [0, 0.1) is 6.92 Å². The van der Waals surface area contributed by atoms with Gasteiger partial charge in [0.15, 0.2) is 6.73 Å². The van der Waals surface area contributed by atoms with E-state index in [4.69, 9.17) is 4.74 Å². The van der Waals surface area contributed by atoms with E-state index in [-0.39, 0.29) is 0 Å². The molecule has 0 saturated heterocycles. The monoisotopic (exact) mass is 275 g/mol. The zero-order valence-electron chi connectivity index (χ0n) is 12.0. The van der Waals surface area contributed by atoms with E-state index >= 15 is 0 Å². The molecule has 0 N–H and O–H groups in total. The van der Waals surface area contributed by atoms with Gasteiger partial charge in [0.25, 0.3) is 0 Å². The first-order valence-corrected chi connectivity index (χ1v) is 7.27. The minimum atomic E-state index is 0.607. The molecule has 0 bridgehead atoms. The summed E-state index contributed by atoms with van der Waals surface area (Å²) in [4.78, 5) is 2.30. The van der Waals surface area contributed by atoms with Crippen LogP contribution in [0.1, 0.15) is 11.1 Å². The van der Waals surface area contributed by atoms with E-state index in [0.717, 1.165) is 12.3 Å². The van der Waals surface area contributed by atoms with Crippen LogP contribution in [0.4, 0.5) is 5.69 Å². The minimum Gasteiger partial charge on any atom is -0.473 e. The molecule has 0 atom stereocenters. The van der Waals surface area contributed by atoms with Gasteiger partial charge in [0.2, 0.25) is 0 Å². The van der Waals surface area contributed by atoms with Crippen molar-refractivity contribution in [2.45, 2.75) is 13.5 Å². The summed E-state index contributed by atoms with van der Waals surface area (Å²) in [6, 6.07) is 21.2. The highest BCUT2D eigenvalue weighted by Crippen LogP contribution is 2.34. The Morgan fingerprint density at radius 3 is 2.62 bits per heavy atom. The summed E-state index contributed by atoms with van der Waals surface area (Å²) in [6.07, 6.45) is 0. The largest absolute Gasteiger partial charge is 0.473 e. The zero-order valence-corrected chi connectivity index (χ0v) is 12.0. The Morgan fingerprint density at radius 1 is 0.905 bits per heavy atom. The van der Waals surface area contributed by atoms with E-state index in [1.54, 1.807) is 0 Å². The molecule has 1 aliphatic rings. The number of anilines is 1. The van der Waals surface area contributed by atoms with Crippen molar-refractivity contribution in [1.29, 1.82) is 0 Å². The van der Waals surface area contributed by atoms with Crippen LogP contribution in [0.3, 0.4) is 0 Å². The summed E-state index contributed by atoms with van der Waals surface area (Å²) in [7, 11) is 0. The molecule has 0 aliphatic carbocycles. The fraction of sp³-hybridized carbons (Fsp3) is 0.158. The van der Waals surface area contributed by atoms with Crippen molar-refractivity contribution < 1.29 is 4.74 Å². The number of rotatable bonds is 1. The molecular weight excluding hydrogens is 258 g/mol. The molecule has 0 unspecified atom stereocenters. The van der Waals surface area contributed by atoms with Gasteiger partial charge in [-0.1, -0.05) is 48.5 Å². The Hall–Kier alpha value is -2.48. The molecule has 1 aliphatic heterocycles. The Bertz CT molecular complexity index is 810.